The summed E-state index contributed by atoms with van der Waals surface area (Å²) in [5.74, 6) is -0.673. The maximum absolute atomic E-state index is 13.2. The van der Waals surface area contributed by atoms with Crippen LogP contribution in [0.5, 0.6) is 0 Å². The zero-order chi connectivity index (χ0) is 23.8. The van der Waals surface area contributed by atoms with Crippen LogP contribution in [0.2, 0.25) is 5.02 Å². The highest BCUT2D eigenvalue weighted by molar-refractivity contribution is 6.51. The van der Waals surface area contributed by atoms with Gasteiger partial charge in [0.25, 0.3) is 11.7 Å². The molecule has 7 heteroatoms. The number of carbonyl (C=O) groups excluding carboxylic acids is 2. The third-order valence-electron chi connectivity index (χ3n) is 6.44. The van der Waals surface area contributed by atoms with Crippen LogP contribution in [0.1, 0.15) is 42.4 Å². The van der Waals surface area contributed by atoms with E-state index in [-0.39, 0.29) is 11.3 Å². The molecule has 1 atom stereocenters. The van der Waals surface area contributed by atoms with Crippen molar-refractivity contribution < 1.29 is 19.1 Å². The maximum Gasteiger partial charge on any atom is 0.300 e. The van der Waals surface area contributed by atoms with Crippen molar-refractivity contribution in [3.63, 3.8) is 0 Å². The molecule has 0 radical (unpaired) electrons. The number of hydrogen-bond donors (Lipinski definition) is 1. The van der Waals surface area contributed by atoms with E-state index in [0.717, 1.165) is 18.8 Å². The van der Waals surface area contributed by atoms with Crippen molar-refractivity contribution in [2.75, 3.05) is 22.9 Å². The fourth-order valence-electron chi connectivity index (χ4n) is 4.71. The Balaban J connectivity index is 1.58. The van der Waals surface area contributed by atoms with Crippen LogP contribution in [-0.4, -0.2) is 29.9 Å². The summed E-state index contributed by atoms with van der Waals surface area (Å²) in [6.45, 7) is 3.82. The van der Waals surface area contributed by atoms with Crippen molar-refractivity contribution in [3.8, 4) is 0 Å². The normalized spacial score (nSPS) is 20.2. The number of hydrogen-bond acceptors (Lipinski definition) is 5. The van der Waals surface area contributed by atoms with Crippen LogP contribution >= 0.6 is 11.6 Å². The summed E-state index contributed by atoms with van der Waals surface area (Å²) >= 11 is 5.98. The molecule has 2 fully saturated rings. The first-order chi connectivity index (χ1) is 16.4. The lowest BCUT2D eigenvalue weighted by Gasteiger charge is -2.29. The lowest BCUT2D eigenvalue weighted by molar-refractivity contribution is -0.132. The van der Waals surface area contributed by atoms with Gasteiger partial charge in [-0.25, -0.2) is 0 Å². The van der Waals surface area contributed by atoms with E-state index in [1.807, 2.05) is 24.3 Å². The molecule has 2 saturated heterocycles. The number of Topliss-reactive ketones (excluding diaryl/α,β-unsaturated/α-hetero) is 1. The summed E-state index contributed by atoms with van der Waals surface area (Å²) in [6, 6.07) is 16.7. The number of furan rings is 1. The van der Waals surface area contributed by atoms with E-state index in [1.54, 1.807) is 43.3 Å². The molecule has 3 heterocycles. The van der Waals surface area contributed by atoms with Gasteiger partial charge in [-0.1, -0.05) is 11.6 Å². The molecule has 174 valence electrons. The Labute approximate surface area is 203 Å². The SMILES string of the molecule is Cc1ccc(C2/C(=C(/O)c3ccc(Cl)cc3)C(=O)C(=O)N2c2ccc(N3CCCCC3)cc2)o1. The molecule has 0 saturated carbocycles. The van der Waals surface area contributed by atoms with Crippen molar-refractivity contribution in [2.24, 2.45) is 0 Å². The zero-order valence-corrected chi connectivity index (χ0v) is 19.6. The summed E-state index contributed by atoms with van der Waals surface area (Å²) in [5.41, 5.74) is 2.04. The van der Waals surface area contributed by atoms with Gasteiger partial charge in [-0.3, -0.25) is 14.5 Å². The van der Waals surface area contributed by atoms with Crippen LogP contribution in [0.4, 0.5) is 11.4 Å². The number of aliphatic hydroxyl groups excluding tert-OH is 1. The number of ketones is 1. The predicted molar refractivity (Wildman–Crippen MR) is 132 cm³/mol. The largest absolute Gasteiger partial charge is 0.507 e. The Hall–Kier alpha value is -3.51. The Morgan fingerprint density at radius 1 is 0.912 bits per heavy atom. The Kier molecular flexibility index (Phi) is 5.92. The first kappa shape index (κ1) is 22.3. The smallest absolute Gasteiger partial charge is 0.300 e. The van der Waals surface area contributed by atoms with Gasteiger partial charge >= 0.3 is 0 Å². The highest BCUT2D eigenvalue weighted by atomic mass is 35.5. The molecule has 2 aromatic carbocycles. The Morgan fingerprint density at radius 3 is 2.18 bits per heavy atom. The van der Waals surface area contributed by atoms with Gasteiger partial charge in [-0.05, 0) is 86.8 Å². The fourth-order valence-corrected chi connectivity index (χ4v) is 4.83. The second-order valence-corrected chi connectivity index (χ2v) is 9.12. The van der Waals surface area contributed by atoms with E-state index in [1.165, 1.54) is 24.2 Å². The van der Waals surface area contributed by atoms with E-state index in [9.17, 15) is 14.7 Å². The number of nitrogens with zero attached hydrogens (tertiary/aromatic N) is 2. The Morgan fingerprint density at radius 2 is 1.56 bits per heavy atom. The van der Waals surface area contributed by atoms with Gasteiger partial charge in [0.1, 0.15) is 23.3 Å². The van der Waals surface area contributed by atoms with Crippen LogP contribution in [0.25, 0.3) is 5.76 Å². The van der Waals surface area contributed by atoms with E-state index in [4.69, 9.17) is 16.0 Å². The quantitative estimate of drug-likeness (QED) is 0.290. The first-order valence-corrected chi connectivity index (χ1v) is 11.8. The first-order valence-electron chi connectivity index (χ1n) is 11.4. The molecular weight excluding hydrogens is 452 g/mol. The number of benzene rings is 2. The molecule has 6 nitrogen and oxygen atoms in total. The molecule has 0 bridgehead atoms. The van der Waals surface area contributed by atoms with Gasteiger partial charge in [-0.15, -0.1) is 0 Å². The summed E-state index contributed by atoms with van der Waals surface area (Å²) in [4.78, 5) is 30.2. The maximum atomic E-state index is 13.2. The lowest BCUT2D eigenvalue weighted by Crippen LogP contribution is -2.30. The molecule has 1 N–H and O–H groups in total. The molecule has 3 aromatic rings. The minimum atomic E-state index is -0.884. The number of piperidine rings is 1. The summed E-state index contributed by atoms with van der Waals surface area (Å²) in [6.07, 6.45) is 3.58. The van der Waals surface area contributed by atoms with E-state index < -0.39 is 17.7 Å². The van der Waals surface area contributed by atoms with E-state index in [2.05, 4.69) is 4.90 Å². The minimum absolute atomic E-state index is 0.0122. The lowest BCUT2D eigenvalue weighted by atomic mass is 9.99. The van der Waals surface area contributed by atoms with Gasteiger partial charge in [0, 0.05) is 35.1 Å². The number of carbonyl (C=O) groups is 2. The number of anilines is 2. The summed E-state index contributed by atoms with van der Waals surface area (Å²) in [7, 11) is 0. The third kappa shape index (κ3) is 3.99. The van der Waals surface area contributed by atoms with Gasteiger partial charge in [0.2, 0.25) is 0 Å². The zero-order valence-electron chi connectivity index (χ0n) is 18.8. The number of halogens is 1. The second kappa shape index (κ2) is 9.03. The van der Waals surface area contributed by atoms with Crippen molar-refractivity contribution in [1.82, 2.24) is 0 Å². The van der Waals surface area contributed by atoms with Gasteiger partial charge in [-0.2, -0.15) is 0 Å². The van der Waals surface area contributed by atoms with Crippen molar-refractivity contribution in [1.29, 1.82) is 0 Å². The molecule has 5 rings (SSSR count). The highest BCUT2D eigenvalue weighted by Gasteiger charge is 2.48. The van der Waals surface area contributed by atoms with Gasteiger partial charge in [0.15, 0.2) is 0 Å². The topological polar surface area (TPSA) is 74.0 Å². The highest BCUT2D eigenvalue weighted by Crippen LogP contribution is 2.43. The number of amides is 1. The van der Waals surface area contributed by atoms with Crippen molar-refractivity contribution in [2.45, 2.75) is 32.2 Å². The number of rotatable bonds is 4. The Bertz CT molecular complexity index is 1250. The minimum Gasteiger partial charge on any atom is -0.507 e. The molecule has 1 aromatic heterocycles. The van der Waals surface area contributed by atoms with Crippen LogP contribution in [0, 0.1) is 6.92 Å². The summed E-state index contributed by atoms with van der Waals surface area (Å²) in [5, 5.41) is 11.6. The van der Waals surface area contributed by atoms with Gasteiger partial charge < -0.3 is 14.4 Å². The van der Waals surface area contributed by atoms with E-state index >= 15 is 0 Å². The fraction of sp³-hybridized carbons (Fsp3) is 0.259. The number of aryl methyl sites for hydroxylation is 1. The molecule has 0 aliphatic carbocycles. The van der Waals surface area contributed by atoms with Crippen LogP contribution in [0.15, 0.2) is 70.7 Å². The van der Waals surface area contributed by atoms with Crippen LogP contribution in [-0.2, 0) is 9.59 Å². The molecule has 1 unspecified atom stereocenters. The number of aliphatic hydroxyl groups is 1. The molecule has 1 amide bonds. The van der Waals surface area contributed by atoms with E-state index in [0.29, 0.717) is 27.8 Å². The molecular formula is C27H25ClN2O4. The summed E-state index contributed by atoms with van der Waals surface area (Å²) < 4.78 is 5.85. The molecule has 0 spiro atoms. The van der Waals surface area contributed by atoms with Crippen LogP contribution < -0.4 is 9.80 Å². The predicted octanol–water partition coefficient (Wildman–Crippen LogP) is 5.86. The monoisotopic (exact) mass is 476 g/mol. The average molecular weight is 477 g/mol. The van der Waals surface area contributed by atoms with Gasteiger partial charge in [0.05, 0.1) is 5.57 Å². The van der Waals surface area contributed by atoms with Crippen LogP contribution in [0.3, 0.4) is 0 Å². The molecule has 2 aliphatic rings. The average Bonchev–Trinajstić information content (AvgIpc) is 3.40. The molecule has 34 heavy (non-hydrogen) atoms. The second-order valence-electron chi connectivity index (χ2n) is 8.69. The standard InChI is InChI=1S/C27H25ClN2O4/c1-17-5-14-22(34-17)24-23(25(31)18-6-8-19(28)9-7-18)26(32)27(33)30(24)21-12-10-20(11-13-21)29-15-3-2-4-16-29/h5-14,24,31H,2-4,15-16H2,1H3/b25-23-. The van der Waals surface area contributed by atoms with Crippen molar-refractivity contribution in [3.05, 3.63) is 88.3 Å². The molecule has 2 aliphatic heterocycles. The van der Waals surface area contributed by atoms with Crippen molar-refractivity contribution >= 4 is 40.4 Å². The third-order valence-corrected chi connectivity index (χ3v) is 6.69.